The number of halogens is 1. The highest BCUT2D eigenvalue weighted by Crippen LogP contribution is 2.36. The lowest BCUT2D eigenvalue weighted by Crippen LogP contribution is -2.37. The number of hydrogen-bond donors (Lipinski definition) is 0. The van der Waals surface area contributed by atoms with Crippen LogP contribution < -0.4 is 14.4 Å². The second-order valence-electron chi connectivity index (χ2n) is 7.69. The summed E-state index contributed by atoms with van der Waals surface area (Å²) in [5, 5.41) is 2.67. The van der Waals surface area contributed by atoms with Crippen LogP contribution in [0.1, 0.15) is 17.3 Å². The van der Waals surface area contributed by atoms with Gasteiger partial charge in [0.1, 0.15) is 17.0 Å². The third kappa shape index (κ3) is 5.21. The van der Waals surface area contributed by atoms with Gasteiger partial charge in [-0.3, -0.25) is 9.69 Å². The lowest BCUT2D eigenvalue weighted by Gasteiger charge is -2.23. The van der Waals surface area contributed by atoms with Crippen molar-refractivity contribution in [3.8, 4) is 11.5 Å². The molecule has 0 saturated heterocycles. The molecule has 8 heteroatoms. The van der Waals surface area contributed by atoms with Crippen LogP contribution in [0.4, 0.5) is 5.13 Å². The van der Waals surface area contributed by atoms with E-state index in [1.54, 1.807) is 12.0 Å². The van der Waals surface area contributed by atoms with Gasteiger partial charge in [0.2, 0.25) is 0 Å². The summed E-state index contributed by atoms with van der Waals surface area (Å²) in [6, 6.07) is 17.6. The fourth-order valence-electron chi connectivity index (χ4n) is 3.58. The molecule has 0 radical (unpaired) electrons. The molecular formula is C25H28ClN3O3S. The minimum atomic E-state index is -0.133. The Kier molecular flexibility index (Phi) is 8.13. The van der Waals surface area contributed by atoms with Gasteiger partial charge in [-0.05, 0) is 56.1 Å². The zero-order valence-corrected chi connectivity index (χ0v) is 20.8. The molecule has 0 N–H and O–H groups in total. The maximum Gasteiger partial charge on any atom is 0.263 e. The van der Waals surface area contributed by atoms with Crippen LogP contribution in [0.5, 0.6) is 11.5 Å². The second-order valence-corrected chi connectivity index (χ2v) is 8.70. The molecule has 0 unspecified atom stereocenters. The largest absolute Gasteiger partial charge is 0.496 e. The van der Waals surface area contributed by atoms with Crippen LogP contribution in [0.3, 0.4) is 0 Å². The molecule has 1 heterocycles. The quantitative estimate of drug-likeness (QED) is 0.330. The van der Waals surface area contributed by atoms with Crippen LogP contribution in [-0.4, -0.2) is 56.7 Å². The Labute approximate surface area is 204 Å². The molecule has 33 heavy (non-hydrogen) atoms. The molecular weight excluding hydrogens is 458 g/mol. The SMILES string of the molecule is CCOc1cccc2sc(N(CCN(C)C)C(=O)c3cc4ccccc4cc3OC)nc12.Cl. The van der Waals surface area contributed by atoms with E-state index in [4.69, 9.17) is 14.5 Å². The van der Waals surface area contributed by atoms with Crippen LogP contribution in [0, 0.1) is 0 Å². The number of rotatable bonds is 8. The summed E-state index contributed by atoms with van der Waals surface area (Å²) in [7, 11) is 5.58. The Bertz CT molecular complexity index is 1260. The van der Waals surface area contributed by atoms with Crippen LogP contribution >= 0.6 is 23.7 Å². The number of benzene rings is 3. The summed E-state index contributed by atoms with van der Waals surface area (Å²) in [5.41, 5.74) is 1.30. The average Bonchev–Trinajstić information content (AvgIpc) is 3.23. The van der Waals surface area contributed by atoms with Crippen molar-refractivity contribution in [3.05, 3.63) is 60.2 Å². The number of amides is 1. The van der Waals surface area contributed by atoms with Crippen molar-refractivity contribution in [3.63, 3.8) is 0 Å². The van der Waals surface area contributed by atoms with Gasteiger partial charge in [-0.1, -0.05) is 41.7 Å². The number of hydrogen-bond acceptors (Lipinski definition) is 6. The number of nitrogens with zero attached hydrogens (tertiary/aromatic N) is 3. The summed E-state index contributed by atoms with van der Waals surface area (Å²) < 4.78 is 12.3. The first kappa shape index (κ1) is 24.8. The van der Waals surface area contributed by atoms with Gasteiger partial charge in [0.25, 0.3) is 5.91 Å². The third-order valence-corrected chi connectivity index (χ3v) is 6.26. The average molecular weight is 486 g/mol. The van der Waals surface area contributed by atoms with Crippen molar-refractivity contribution in [2.45, 2.75) is 6.92 Å². The number of likely N-dealkylation sites (N-methyl/N-ethyl adjacent to an activating group) is 1. The Morgan fingerprint density at radius 1 is 1.00 bits per heavy atom. The van der Waals surface area contributed by atoms with Gasteiger partial charge in [-0.2, -0.15) is 0 Å². The Balaban J connectivity index is 0.00000306. The number of aromatic nitrogens is 1. The minimum Gasteiger partial charge on any atom is -0.496 e. The van der Waals surface area contributed by atoms with Crippen molar-refractivity contribution >= 4 is 55.8 Å². The van der Waals surface area contributed by atoms with E-state index >= 15 is 0 Å². The summed E-state index contributed by atoms with van der Waals surface area (Å²) in [5.74, 6) is 1.15. The Morgan fingerprint density at radius 2 is 1.73 bits per heavy atom. The molecule has 3 aromatic carbocycles. The number of carbonyl (C=O) groups is 1. The number of methoxy groups -OCH3 is 1. The number of carbonyl (C=O) groups excluding carboxylic acids is 1. The van der Waals surface area contributed by atoms with Crippen molar-refractivity contribution in [1.29, 1.82) is 0 Å². The van der Waals surface area contributed by atoms with Crippen molar-refractivity contribution in [2.75, 3.05) is 45.8 Å². The van der Waals surface area contributed by atoms with Gasteiger partial charge >= 0.3 is 0 Å². The van der Waals surface area contributed by atoms with Gasteiger partial charge in [-0.15, -0.1) is 12.4 Å². The molecule has 1 aromatic heterocycles. The van der Waals surface area contributed by atoms with E-state index in [0.717, 1.165) is 26.7 Å². The first-order valence-corrected chi connectivity index (χ1v) is 11.4. The molecule has 0 aliphatic heterocycles. The highest BCUT2D eigenvalue weighted by atomic mass is 35.5. The molecule has 4 aromatic rings. The van der Waals surface area contributed by atoms with E-state index in [1.165, 1.54) is 11.3 Å². The fraction of sp³-hybridized carbons (Fsp3) is 0.280. The van der Waals surface area contributed by atoms with E-state index in [1.807, 2.05) is 75.6 Å². The lowest BCUT2D eigenvalue weighted by molar-refractivity contribution is 0.0982. The predicted octanol–water partition coefficient (Wildman–Crippen LogP) is 5.49. The number of anilines is 1. The van der Waals surface area contributed by atoms with Crippen LogP contribution in [0.25, 0.3) is 21.0 Å². The van der Waals surface area contributed by atoms with Crippen molar-refractivity contribution in [2.24, 2.45) is 0 Å². The zero-order valence-electron chi connectivity index (χ0n) is 19.2. The van der Waals surface area contributed by atoms with E-state index in [9.17, 15) is 4.79 Å². The van der Waals surface area contributed by atoms with E-state index < -0.39 is 0 Å². The highest BCUT2D eigenvalue weighted by molar-refractivity contribution is 7.22. The molecule has 6 nitrogen and oxygen atoms in total. The molecule has 174 valence electrons. The third-order valence-electron chi connectivity index (χ3n) is 5.22. The van der Waals surface area contributed by atoms with E-state index in [2.05, 4.69) is 4.90 Å². The summed E-state index contributed by atoms with van der Waals surface area (Å²) in [6.07, 6.45) is 0. The number of ether oxygens (including phenoxy) is 2. The van der Waals surface area contributed by atoms with Gasteiger partial charge in [0, 0.05) is 13.1 Å². The summed E-state index contributed by atoms with van der Waals surface area (Å²) in [4.78, 5) is 22.4. The van der Waals surface area contributed by atoms with E-state index in [0.29, 0.717) is 36.1 Å². The highest BCUT2D eigenvalue weighted by Gasteiger charge is 2.25. The molecule has 0 bridgehead atoms. The first-order valence-electron chi connectivity index (χ1n) is 10.6. The molecule has 0 aliphatic rings. The standard InChI is InChI=1S/C25H27N3O3S.ClH/c1-5-31-20-11-8-12-22-23(20)26-25(32-22)28(14-13-27(2)3)24(29)19-15-17-9-6-7-10-18(17)16-21(19)30-4;/h6-12,15-16H,5,13-14H2,1-4H3;1H. The van der Waals surface area contributed by atoms with Crippen LogP contribution in [-0.2, 0) is 0 Å². The van der Waals surface area contributed by atoms with Crippen LogP contribution in [0.15, 0.2) is 54.6 Å². The normalized spacial score (nSPS) is 10.9. The monoisotopic (exact) mass is 485 g/mol. The number of para-hydroxylation sites is 1. The Hall–Kier alpha value is -2.87. The molecule has 0 spiro atoms. The Morgan fingerprint density at radius 3 is 2.39 bits per heavy atom. The first-order chi connectivity index (χ1) is 15.5. The molecule has 0 aliphatic carbocycles. The second kappa shape index (κ2) is 10.8. The molecule has 1 amide bonds. The number of thiazole rings is 1. The van der Waals surface area contributed by atoms with Crippen molar-refractivity contribution in [1.82, 2.24) is 9.88 Å². The summed E-state index contributed by atoms with van der Waals surface area (Å²) >= 11 is 1.49. The maximum atomic E-state index is 13.8. The smallest absolute Gasteiger partial charge is 0.263 e. The van der Waals surface area contributed by atoms with Gasteiger partial charge in [0.15, 0.2) is 5.13 Å². The maximum absolute atomic E-state index is 13.8. The zero-order chi connectivity index (χ0) is 22.7. The molecule has 4 rings (SSSR count). The number of fused-ring (bicyclic) bond motifs is 2. The topological polar surface area (TPSA) is 54.9 Å². The fourth-order valence-corrected chi connectivity index (χ4v) is 4.59. The predicted molar refractivity (Wildman–Crippen MR) is 139 cm³/mol. The van der Waals surface area contributed by atoms with Gasteiger partial charge in [-0.25, -0.2) is 4.98 Å². The molecule has 0 saturated carbocycles. The van der Waals surface area contributed by atoms with Gasteiger partial charge < -0.3 is 14.4 Å². The molecule has 0 fully saturated rings. The van der Waals surface area contributed by atoms with Crippen LogP contribution in [0.2, 0.25) is 0 Å². The molecule has 0 atom stereocenters. The van der Waals surface area contributed by atoms with E-state index in [-0.39, 0.29) is 18.3 Å². The minimum absolute atomic E-state index is 0. The lowest BCUT2D eigenvalue weighted by atomic mass is 10.0. The summed E-state index contributed by atoms with van der Waals surface area (Å²) in [6.45, 7) is 3.72. The van der Waals surface area contributed by atoms with Crippen molar-refractivity contribution < 1.29 is 14.3 Å². The van der Waals surface area contributed by atoms with Gasteiger partial charge in [0.05, 0.1) is 24.0 Å².